The summed E-state index contributed by atoms with van der Waals surface area (Å²) in [7, 11) is 0. The van der Waals surface area contributed by atoms with E-state index in [9.17, 15) is 9.90 Å². The molecule has 0 heterocycles. The molecular formula is C31H43NO4. The third-order valence-corrected chi connectivity index (χ3v) is 7.20. The van der Waals surface area contributed by atoms with Crippen LogP contribution < -0.4 is 10.5 Å². The zero-order valence-electron chi connectivity index (χ0n) is 22.9. The molecule has 0 fully saturated rings. The molecule has 0 aliphatic carbocycles. The SMILES string of the molecule is CCC(CC)(c1ccc(/C(C)=C/C(=C\N)CC(=O)O)cc1)c1ccc(OCC(O)C(C)(C)C)c(C)c1. The molecule has 0 aliphatic heterocycles. The minimum Gasteiger partial charge on any atom is -0.491 e. The van der Waals surface area contributed by atoms with Crippen LogP contribution in [0.4, 0.5) is 0 Å². The molecule has 0 bridgehead atoms. The van der Waals surface area contributed by atoms with Crippen molar-refractivity contribution in [3.05, 3.63) is 82.6 Å². The molecule has 4 N–H and O–H groups in total. The number of hydrogen-bond donors (Lipinski definition) is 3. The molecule has 196 valence electrons. The first-order valence-electron chi connectivity index (χ1n) is 12.7. The Labute approximate surface area is 216 Å². The molecule has 0 saturated carbocycles. The fourth-order valence-corrected chi connectivity index (χ4v) is 4.51. The van der Waals surface area contributed by atoms with Crippen molar-refractivity contribution in [1.82, 2.24) is 0 Å². The Balaban J connectivity index is 2.34. The van der Waals surface area contributed by atoms with E-state index in [1.165, 1.54) is 17.3 Å². The predicted octanol–water partition coefficient (Wildman–Crippen LogP) is 6.61. The average molecular weight is 494 g/mol. The predicted molar refractivity (Wildman–Crippen MR) is 148 cm³/mol. The minimum atomic E-state index is -0.904. The Morgan fingerprint density at radius 2 is 1.64 bits per heavy atom. The second kappa shape index (κ2) is 12.3. The van der Waals surface area contributed by atoms with Gasteiger partial charge in [0.2, 0.25) is 0 Å². The van der Waals surface area contributed by atoms with Gasteiger partial charge >= 0.3 is 5.97 Å². The van der Waals surface area contributed by atoms with E-state index in [0.717, 1.165) is 35.3 Å². The number of nitrogens with two attached hydrogens (primary N) is 1. The number of carboxylic acid groups (broad SMARTS) is 1. The molecule has 2 aromatic carbocycles. The van der Waals surface area contributed by atoms with E-state index in [0.29, 0.717) is 5.57 Å². The highest BCUT2D eigenvalue weighted by atomic mass is 16.5. The lowest BCUT2D eigenvalue weighted by atomic mass is 9.70. The highest BCUT2D eigenvalue weighted by molar-refractivity contribution is 5.74. The van der Waals surface area contributed by atoms with Crippen LogP contribution in [0.2, 0.25) is 0 Å². The van der Waals surface area contributed by atoms with Gasteiger partial charge in [-0.2, -0.15) is 0 Å². The summed E-state index contributed by atoms with van der Waals surface area (Å²) in [6.45, 7) is 14.7. The number of aliphatic hydroxyl groups excluding tert-OH is 1. The molecule has 0 aromatic heterocycles. The van der Waals surface area contributed by atoms with Crippen molar-refractivity contribution in [3.63, 3.8) is 0 Å². The highest BCUT2D eigenvalue weighted by Gasteiger charge is 2.31. The number of ether oxygens (including phenoxy) is 1. The standard InChI is InChI=1S/C31H43NO4/c1-8-31(9-2,26-14-15-27(22(4)17-26)36-20-28(33)30(5,6)7)25-12-10-24(11-13-25)21(3)16-23(19-32)18-29(34)35/h10-17,19,28,33H,8-9,18,20,32H2,1-7H3,(H,34,35)/b21-16+,23-19+. The summed E-state index contributed by atoms with van der Waals surface area (Å²) in [6, 6.07) is 14.9. The van der Waals surface area contributed by atoms with E-state index in [2.05, 4.69) is 57.2 Å². The largest absolute Gasteiger partial charge is 0.491 e. The van der Waals surface area contributed by atoms with Gasteiger partial charge in [0, 0.05) is 5.41 Å². The van der Waals surface area contributed by atoms with Gasteiger partial charge in [0.05, 0.1) is 12.5 Å². The maximum Gasteiger partial charge on any atom is 0.307 e. The van der Waals surface area contributed by atoms with E-state index in [1.807, 2.05) is 39.8 Å². The molecule has 2 rings (SSSR count). The van der Waals surface area contributed by atoms with Gasteiger partial charge < -0.3 is 20.7 Å². The molecule has 0 spiro atoms. The number of hydrogen-bond acceptors (Lipinski definition) is 4. The number of allylic oxidation sites excluding steroid dienone is 2. The van der Waals surface area contributed by atoms with E-state index in [1.54, 1.807) is 0 Å². The van der Waals surface area contributed by atoms with Crippen molar-refractivity contribution in [2.45, 2.75) is 79.2 Å². The van der Waals surface area contributed by atoms with Gasteiger partial charge in [-0.05, 0) is 77.8 Å². The lowest BCUT2D eigenvalue weighted by Gasteiger charge is -2.34. The Kier molecular flexibility index (Phi) is 9.94. The van der Waals surface area contributed by atoms with Gasteiger partial charge in [0.15, 0.2) is 0 Å². The van der Waals surface area contributed by atoms with Gasteiger partial charge in [0.25, 0.3) is 0 Å². The summed E-state index contributed by atoms with van der Waals surface area (Å²) in [5.41, 5.74) is 11.3. The summed E-state index contributed by atoms with van der Waals surface area (Å²) in [5.74, 6) is -0.108. The molecule has 1 unspecified atom stereocenters. The fourth-order valence-electron chi connectivity index (χ4n) is 4.51. The zero-order valence-corrected chi connectivity index (χ0v) is 22.9. The highest BCUT2D eigenvalue weighted by Crippen LogP contribution is 2.40. The third kappa shape index (κ3) is 7.01. The van der Waals surface area contributed by atoms with Crippen molar-refractivity contribution in [2.75, 3.05) is 6.61 Å². The Hall–Kier alpha value is -3.05. The van der Waals surface area contributed by atoms with Crippen LogP contribution in [0.5, 0.6) is 5.75 Å². The monoisotopic (exact) mass is 493 g/mol. The van der Waals surface area contributed by atoms with Crippen LogP contribution >= 0.6 is 0 Å². The van der Waals surface area contributed by atoms with Crippen molar-refractivity contribution < 1.29 is 19.7 Å². The molecule has 5 nitrogen and oxygen atoms in total. The van der Waals surface area contributed by atoms with Gasteiger partial charge in [-0.15, -0.1) is 0 Å². The number of benzene rings is 2. The van der Waals surface area contributed by atoms with Crippen molar-refractivity contribution >= 4 is 11.5 Å². The van der Waals surface area contributed by atoms with Crippen molar-refractivity contribution in [1.29, 1.82) is 0 Å². The molecule has 0 amide bonds. The normalized spacial score (nSPS) is 14.0. The van der Waals surface area contributed by atoms with Gasteiger partial charge in [-0.3, -0.25) is 4.79 Å². The van der Waals surface area contributed by atoms with Gasteiger partial charge in [-0.25, -0.2) is 0 Å². The van der Waals surface area contributed by atoms with Crippen LogP contribution in [0.15, 0.2) is 60.3 Å². The Morgan fingerprint density at radius 1 is 1.06 bits per heavy atom. The van der Waals surface area contributed by atoms with E-state index in [-0.39, 0.29) is 23.9 Å². The van der Waals surface area contributed by atoms with Crippen molar-refractivity contribution in [3.8, 4) is 5.75 Å². The molecule has 1 atom stereocenters. The summed E-state index contributed by atoms with van der Waals surface area (Å²) in [5, 5.41) is 19.4. The number of aliphatic hydroxyl groups is 1. The number of aliphatic carboxylic acids is 1. The average Bonchev–Trinajstić information content (AvgIpc) is 2.83. The van der Waals surface area contributed by atoms with Crippen LogP contribution in [0.25, 0.3) is 5.57 Å². The summed E-state index contributed by atoms with van der Waals surface area (Å²) in [6.07, 6.45) is 4.42. The van der Waals surface area contributed by atoms with Crippen LogP contribution in [0.1, 0.15) is 83.1 Å². The van der Waals surface area contributed by atoms with Crippen LogP contribution in [-0.4, -0.2) is 28.9 Å². The zero-order chi connectivity index (χ0) is 27.1. The lowest BCUT2D eigenvalue weighted by Crippen LogP contribution is -2.32. The van der Waals surface area contributed by atoms with Crippen LogP contribution in [0, 0.1) is 12.3 Å². The molecule has 0 radical (unpaired) electrons. The third-order valence-electron chi connectivity index (χ3n) is 7.20. The molecule has 36 heavy (non-hydrogen) atoms. The number of rotatable bonds is 11. The van der Waals surface area contributed by atoms with Crippen LogP contribution in [-0.2, 0) is 10.2 Å². The van der Waals surface area contributed by atoms with Gasteiger partial charge in [0.1, 0.15) is 12.4 Å². The summed E-state index contributed by atoms with van der Waals surface area (Å²) in [4.78, 5) is 11.0. The molecular weight excluding hydrogens is 450 g/mol. The van der Waals surface area contributed by atoms with Crippen molar-refractivity contribution in [2.24, 2.45) is 11.1 Å². The maximum absolute atomic E-state index is 11.0. The Bertz CT molecular complexity index is 1090. The molecule has 0 aliphatic rings. The second-order valence-corrected chi connectivity index (χ2v) is 10.7. The lowest BCUT2D eigenvalue weighted by molar-refractivity contribution is -0.136. The van der Waals surface area contributed by atoms with E-state index >= 15 is 0 Å². The molecule has 5 heteroatoms. The topological polar surface area (TPSA) is 92.8 Å². The number of carbonyl (C=O) groups is 1. The van der Waals surface area contributed by atoms with E-state index < -0.39 is 12.1 Å². The van der Waals surface area contributed by atoms with Gasteiger partial charge in [-0.1, -0.05) is 77.1 Å². The smallest absolute Gasteiger partial charge is 0.307 e. The number of carboxylic acids is 1. The molecule has 2 aromatic rings. The van der Waals surface area contributed by atoms with Crippen LogP contribution in [0.3, 0.4) is 0 Å². The molecule has 0 saturated heterocycles. The Morgan fingerprint density at radius 3 is 2.11 bits per heavy atom. The summed E-state index contributed by atoms with van der Waals surface area (Å²) >= 11 is 0. The first-order valence-corrected chi connectivity index (χ1v) is 12.7. The quantitative estimate of drug-likeness (QED) is 0.306. The minimum absolute atomic E-state index is 0.102. The fraction of sp³-hybridized carbons (Fsp3) is 0.452. The second-order valence-electron chi connectivity index (χ2n) is 10.7. The van der Waals surface area contributed by atoms with E-state index in [4.69, 9.17) is 15.6 Å². The first-order chi connectivity index (χ1) is 16.9. The summed E-state index contributed by atoms with van der Waals surface area (Å²) < 4.78 is 5.97. The maximum atomic E-state index is 11.0. The first kappa shape index (κ1) is 29.2. The number of aryl methyl sites for hydroxylation is 1.